The van der Waals surface area contributed by atoms with Crippen molar-refractivity contribution < 1.29 is 24.5 Å². The van der Waals surface area contributed by atoms with Crippen LogP contribution in [0.2, 0.25) is 0 Å². The van der Waals surface area contributed by atoms with E-state index in [2.05, 4.69) is 15.3 Å². The predicted octanol–water partition coefficient (Wildman–Crippen LogP) is 1.18. The third-order valence-electron chi connectivity index (χ3n) is 2.74. The fourth-order valence-corrected chi connectivity index (χ4v) is 1.70. The minimum absolute atomic E-state index is 0.160. The van der Waals surface area contributed by atoms with E-state index >= 15 is 0 Å². The van der Waals surface area contributed by atoms with Crippen molar-refractivity contribution in [1.29, 1.82) is 0 Å². The highest BCUT2D eigenvalue weighted by atomic mass is 16.6. The van der Waals surface area contributed by atoms with Crippen LogP contribution in [0.4, 0.5) is 4.79 Å². The molecule has 2 unspecified atom stereocenters. The maximum Gasteiger partial charge on any atom is 0.407 e. The molecule has 0 aliphatic heterocycles. The highest BCUT2D eigenvalue weighted by molar-refractivity contribution is 5.67. The van der Waals surface area contributed by atoms with Gasteiger partial charge in [0.1, 0.15) is 11.7 Å². The van der Waals surface area contributed by atoms with Crippen LogP contribution in [0.3, 0.4) is 0 Å². The maximum absolute atomic E-state index is 11.5. The number of carbonyl (C=O) groups excluding carboxylic acids is 1. The number of nitrogens with zero attached hydrogens (tertiary/aromatic N) is 2. The van der Waals surface area contributed by atoms with Gasteiger partial charge in [0.2, 0.25) is 0 Å². The minimum atomic E-state index is -1.15. The second-order valence-corrected chi connectivity index (χ2v) is 5.96. The van der Waals surface area contributed by atoms with Gasteiger partial charge in [-0.25, -0.2) is 14.8 Å². The SMILES string of the molecule is CCOc1ncc(C(O)C(O)CCNC(=O)OC(C)(C)C)cn1. The Bertz CT molecular complexity index is 487. The zero-order valence-corrected chi connectivity index (χ0v) is 13.9. The molecule has 1 aromatic rings. The Hall–Kier alpha value is -1.93. The van der Waals surface area contributed by atoms with Gasteiger partial charge in [-0.05, 0) is 34.1 Å². The second-order valence-electron chi connectivity index (χ2n) is 5.96. The lowest BCUT2D eigenvalue weighted by Gasteiger charge is -2.21. The summed E-state index contributed by atoms with van der Waals surface area (Å²) in [7, 11) is 0. The molecule has 8 heteroatoms. The average molecular weight is 327 g/mol. The lowest BCUT2D eigenvalue weighted by Crippen LogP contribution is -2.34. The van der Waals surface area contributed by atoms with Crippen LogP contribution in [0.25, 0.3) is 0 Å². The summed E-state index contributed by atoms with van der Waals surface area (Å²) >= 11 is 0. The van der Waals surface area contributed by atoms with Gasteiger partial charge in [-0.2, -0.15) is 0 Å². The Morgan fingerprint density at radius 1 is 1.30 bits per heavy atom. The molecule has 0 bridgehead atoms. The monoisotopic (exact) mass is 327 g/mol. The Balaban J connectivity index is 2.41. The number of hydrogen-bond acceptors (Lipinski definition) is 7. The van der Waals surface area contributed by atoms with E-state index in [0.29, 0.717) is 12.2 Å². The van der Waals surface area contributed by atoms with E-state index in [1.165, 1.54) is 12.4 Å². The lowest BCUT2D eigenvalue weighted by molar-refractivity contribution is 0.0118. The Morgan fingerprint density at radius 2 is 1.91 bits per heavy atom. The number of aromatic nitrogens is 2. The van der Waals surface area contributed by atoms with Crippen LogP contribution >= 0.6 is 0 Å². The Kier molecular flexibility index (Phi) is 7.18. The van der Waals surface area contributed by atoms with E-state index in [1.807, 2.05) is 6.92 Å². The number of nitrogens with one attached hydrogen (secondary N) is 1. The van der Waals surface area contributed by atoms with E-state index in [1.54, 1.807) is 20.8 Å². The molecule has 1 aromatic heterocycles. The number of rotatable bonds is 7. The van der Waals surface area contributed by atoms with Gasteiger partial charge in [0.15, 0.2) is 0 Å². The van der Waals surface area contributed by atoms with Crippen molar-refractivity contribution in [2.75, 3.05) is 13.2 Å². The van der Waals surface area contributed by atoms with Gasteiger partial charge in [0.05, 0.1) is 12.7 Å². The number of aliphatic hydroxyl groups is 2. The van der Waals surface area contributed by atoms with Crippen molar-refractivity contribution in [3.8, 4) is 6.01 Å². The van der Waals surface area contributed by atoms with E-state index in [0.717, 1.165) is 0 Å². The summed E-state index contributed by atoms with van der Waals surface area (Å²) in [4.78, 5) is 19.3. The van der Waals surface area contributed by atoms with Crippen LogP contribution < -0.4 is 10.1 Å². The Morgan fingerprint density at radius 3 is 2.43 bits per heavy atom. The zero-order valence-electron chi connectivity index (χ0n) is 13.9. The van der Waals surface area contributed by atoms with Crippen molar-refractivity contribution >= 4 is 6.09 Å². The van der Waals surface area contributed by atoms with Crippen molar-refractivity contribution in [3.05, 3.63) is 18.0 Å². The maximum atomic E-state index is 11.5. The smallest absolute Gasteiger partial charge is 0.407 e. The summed E-state index contributed by atoms with van der Waals surface area (Å²) < 4.78 is 10.2. The van der Waals surface area contributed by atoms with Gasteiger partial charge in [-0.15, -0.1) is 0 Å². The van der Waals surface area contributed by atoms with Gasteiger partial charge >= 0.3 is 12.1 Å². The van der Waals surface area contributed by atoms with Crippen molar-refractivity contribution in [1.82, 2.24) is 15.3 Å². The molecule has 8 nitrogen and oxygen atoms in total. The van der Waals surface area contributed by atoms with Gasteiger partial charge in [0.25, 0.3) is 0 Å². The molecule has 1 amide bonds. The van der Waals surface area contributed by atoms with Crippen LogP contribution in [-0.2, 0) is 4.74 Å². The van der Waals surface area contributed by atoms with Gasteiger partial charge in [-0.1, -0.05) is 0 Å². The largest absolute Gasteiger partial charge is 0.464 e. The number of aliphatic hydroxyl groups excluding tert-OH is 2. The molecule has 3 N–H and O–H groups in total. The van der Waals surface area contributed by atoms with Crippen LogP contribution in [0, 0.1) is 0 Å². The number of hydrogen-bond donors (Lipinski definition) is 3. The zero-order chi connectivity index (χ0) is 17.5. The van der Waals surface area contributed by atoms with Crippen molar-refractivity contribution in [3.63, 3.8) is 0 Å². The summed E-state index contributed by atoms with van der Waals surface area (Å²) in [5, 5.41) is 22.5. The summed E-state index contributed by atoms with van der Waals surface area (Å²) in [5.74, 6) is 0. The molecule has 0 radical (unpaired) electrons. The molecule has 0 aliphatic rings. The number of carbonyl (C=O) groups is 1. The first kappa shape index (κ1) is 19.1. The molecule has 0 aliphatic carbocycles. The highest BCUT2D eigenvalue weighted by Gasteiger charge is 2.20. The first-order chi connectivity index (χ1) is 10.7. The van der Waals surface area contributed by atoms with Crippen LogP contribution in [0.5, 0.6) is 6.01 Å². The molecule has 0 saturated heterocycles. The van der Waals surface area contributed by atoms with E-state index in [-0.39, 0.29) is 19.0 Å². The van der Waals surface area contributed by atoms with Crippen LogP contribution in [0.15, 0.2) is 12.4 Å². The molecule has 2 atom stereocenters. The fourth-order valence-electron chi connectivity index (χ4n) is 1.70. The number of ether oxygens (including phenoxy) is 2. The molecule has 130 valence electrons. The van der Waals surface area contributed by atoms with Crippen molar-refractivity contribution in [2.24, 2.45) is 0 Å². The molecule has 0 fully saturated rings. The standard InChI is InChI=1S/C15H25N3O5/c1-5-22-13-17-8-10(9-18-13)12(20)11(19)6-7-16-14(21)23-15(2,3)4/h8-9,11-12,19-20H,5-7H2,1-4H3,(H,16,21). The summed E-state index contributed by atoms with van der Waals surface area (Å²) in [6, 6.07) is 0.213. The first-order valence-electron chi connectivity index (χ1n) is 7.50. The molecule has 1 heterocycles. The number of amides is 1. The third-order valence-corrected chi connectivity index (χ3v) is 2.74. The second kappa shape index (κ2) is 8.64. The minimum Gasteiger partial charge on any atom is -0.464 e. The van der Waals surface area contributed by atoms with E-state index in [9.17, 15) is 15.0 Å². The summed E-state index contributed by atoms with van der Waals surface area (Å²) in [6.45, 7) is 7.71. The molecule has 23 heavy (non-hydrogen) atoms. The molecule has 1 rings (SSSR count). The summed E-state index contributed by atoms with van der Waals surface area (Å²) in [6.07, 6.45) is 0.176. The quantitative estimate of drug-likeness (QED) is 0.689. The van der Waals surface area contributed by atoms with E-state index in [4.69, 9.17) is 9.47 Å². The highest BCUT2D eigenvalue weighted by Crippen LogP contribution is 2.18. The predicted molar refractivity (Wildman–Crippen MR) is 83.0 cm³/mol. The molecular weight excluding hydrogens is 302 g/mol. The molecule has 0 spiro atoms. The van der Waals surface area contributed by atoms with E-state index < -0.39 is 23.9 Å². The van der Waals surface area contributed by atoms with Crippen molar-refractivity contribution in [2.45, 2.75) is 51.9 Å². The topological polar surface area (TPSA) is 114 Å². The summed E-state index contributed by atoms with van der Waals surface area (Å²) in [5.41, 5.74) is -0.208. The average Bonchev–Trinajstić information content (AvgIpc) is 2.45. The van der Waals surface area contributed by atoms with Gasteiger partial charge < -0.3 is 25.0 Å². The molecular formula is C15H25N3O5. The van der Waals surface area contributed by atoms with Crippen LogP contribution in [0.1, 0.15) is 45.8 Å². The lowest BCUT2D eigenvalue weighted by atomic mass is 10.1. The van der Waals surface area contributed by atoms with Gasteiger partial charge in [0, 0.05) is 24.5 Å². The van der Waals surface area contributed by atoms with Gasteiger partial charge in [-0.3, -0.25) is 0 Å². The normalized spacial score (nSPS) is 14.0. The Labute approximate surface area is 135 Å². The molecule has 0 saturated carbocycles. The van der Waals surface area contributed by atoms with Crippen LogP contribution in [-0.4, -0.2) is 51.1 Å². The third kappa shape index (κ3) is 7.25. The fraction of sp³-hybridized carbons (Fsp3) is 0.667. The first-order valence-corrected chi connectivity index (χ1v) is 7.50. The number of alkyl carbamates (subject to hydrolysis) is 1. The molecule has 0 aromatic carbocycles.